The van der Waals surface area contributed by atoms with Crippen LogP contribution in [-0.4, -0.2) is 23.0 Å². The molecule has 0 aliphatic heterocycles. The number of nitrogens with one attached hydrogen (secondary N) is 1. The normalized spacial score (nSPS) is 11.9. The molecule has 0 radical (unpaired) electrons. The standard InChI is InChI=1S/C12H13Cl2NO3/c1-2-8(6-11(16)17)15-12(18)9-4-3-7(13)5-10(9)14/h3-5,8H,2,6H2,1H3,(H,15,18)(H,16,17). The van der Waals surface area contributed by atoms with Gasteiger partial charge in [0.05, 0.1) is 17.0 Å². The van der Waals surface area contributed by atoms with Gasteiger partial charge in [-0.05, 0) is 24.6 Å². The Bertz CT molecular complexity index is 463. The molecule has 0 saturated carbocycles. The second kappa shape index (κ2) is 6.61. The maximum atomic E-state index is 11.9. The number of benzene rings is 1. The molecule has 2 N–H and O–H groups in total. The summed E-state index contributed by atoms with van der Waals surface area (Å²) in [5.41, 5.74) is 0.282. The largest absolute Gasteiger partial charge is 0.481 e. The Kier molecular flexibility index (Phi) is 5.44. The summed E-state index contributed by atoms with van der Waals surface area (Å²) in [6, 6.07) is 4.12. The zero-order valence-electron chi connectivity index (χ0n) is 9.74. The predicted octanol–water partition coefficient (Wildman–Crippen LogP) is 2.98. The Morgan fingerprint density at radius 2 is 2.06 bits per heavy atom. The molecular formula is C12H13Cl2NO3. The van der Waals surface area contributed by atoms with Crippen LogP contribution in [0.2, 0.25) is 10.0 Å². The Hall–Kier alpha value is -1.26. The second-order valence-corrected chi connectivity index (χ2v) is 4.64. The van der Waals surface area contributed by atoms with Crippen molar-refractivity contribution in [2.75, 3.05) is 0 Å². The maximum absolute atomic E-state index is 11.9. The highest BCUT2D eigenvalue weighted by molar-refractivity contribution is 6.36. The number of halogens is 2. The van der Waals surface area contributed by atoms with Crippen LogP contribution in [0.1, 0.15) is 30.1 Å². The summed E-state index contributed by atoms with van der Waals surface area (Å²) < 4.78 is 0. The van der Waals surface area contributed by atoms with Gasteiger partial charge in [0.1, 0.15) is 0 Å². The molecule has 1 aromatic rings. The van der Waals surface area contributed by atoms with Crippen molar-refractivity contribution in [1.82, 2.24) is 5.32 Å². The van der Waals surface area contributed by atoms with Gasteiger partial charge in [-0.2, -0.15) is 0 Å². The van der Waals surface area contributed by atoms with Crippen LogP contribution in [-0.2, 0) is 4.79 Å². The number of carboxylic acids is 1. The van der Waals surface area contributed by atoms with Gasteiger partial charge in [0, 0.05) is 11.1 Å². The fourth-order valence-electron chi connectivity index (χ4n) is 1.44. The summed E-state index contributed by atoms with van der Waals surface area (Å²) in [6.07, 6.45) is 0.413. The van der Waals surface area contributed by atoms with E-state index in [-0.39, 0.29) is 17.0 Å². The van der Waals surface area contributed by atoms with Gasteiger partial charge in [0.15, 0.2) is 0 Å². The average Bonchev–Trinajstić information content (AvgIpc) is 2.27. The van der Waals surface area contributed by atoms with Crippen molar-refractivity contribution in [3.63, 3.8) is 0 Å². The van der Waals surface area contributed by atoms with E-state index in [1.165, 1.54) is 12.1 Å². The molecule has 0 spiro atoms. The van der Waals surface area contributed by atoms with Gasteiger partial charge >= 0.3 is 5.97 Å². The first kappa shape index (κ1) is 14.8. The van der Waals surface area contributed by atoms with Crippen LogP contribution in [0.3, 0.4) is 0 Å². The molecule has 0 aliphatic carbocycles. The minimum atomic E-state index is -0.954. The van der Waals surface area contributed by atoms with Gasteiger partial charge in [-0.1, -0.05) is 30.1 Å². The topological polar surface area (TPSA) is 66.4 Å². The van der Waals surface area contributed by atoms with Gasteiger partial charge in [-0.25, -0.2) is 0 Å². The van der Waals surface area contributed by atoms with Crippen molar-refractivity contribution in [3.05, 3.63) is 33.8 Å². The fraction of sp³-hybridized carbons (Fsp3) is 0.333. The van der Waals surface area contributed by atoms with Crippen LogP contribution in [0.15, 0.2) is 18.2 Å². The maximum Gasteiger partial charge on any atom is 0.305 e. The van der Waals surface area contributed by atoms with Crippen molar-refractivity contribution in [2.45, 2.75) is 25.8 Å². The number of aliphatic carboxylic acids is 1. The van der Waals surface area contributed by atoms with E-state index in [4.69, 9.17) is 28.3 Å². The number of amides is 1. The van der Waals surface area contributed by atoms with Crippen molar-refractivity contribution >= 4 is 35.1 Å². The van der Waals surface area contributed by atoms with Crippen LogP contribution in [0.25, 0.3) is 0 Å². The molecular weight excluding hydrogens is 277 g/mol. The van der Waals surface area contributed by atoms with E-state index in [0.29, 0.717) is 11.4 Å². The SMILES string of the molecule is CCC(CC(=O)O)NC(=O)c1ccc(Cl)cc1Cl. The van der Waals surface area contributed by atoms with Crippen LogP contribution in [0.4, 0.5) is 0 Å². The zero-order valence-corrected chi connectivity index (χ0v) is 11.3. The fourth-order valence-corrected chi connectivity index (χ4v) is 1.94. The molecule has 6 heteroatoms. The van der Waals surface area contributed by atoms with Gasteiger partial charge in [-0.3, -0.25) is 9.59 Å². The van der Waals surface area contributed by atoms with Crippen molar-refractivity contribution in [2.24, 2.45) is 0 Å². The number of carbonyl (C=O) groups excluding carboxylic acids is 1. The Morgan fingerprint density at radius 3 is 2.56 bits per heavy atom. The molecule has 98 valence electrons. The van der Waals surface area contributed by atoms with E-state index in [0.717, 1.165) is 0 Å². The lowest BCUT2D eigenvalue weighted by Crippen LogP contribution is -2.36. The van der Waals surface area contributed by atoms with E-state index >= 15 is 0 Å². The van der Waals surface area contributed by atoms with Crippen molar-refractivity contribution in [3.8, 4) is 0 Å². The lowest BCUT2D eigenvalue weighted by molar-refractivity contribution is -0.137. The Morgan fingerprint density at radius 1 is 1.39 bits per heavy atom. The quantitative estimate of drug-likeness (QED) is 0.876. The van der Waals surface area contributed by atoms with E-state index in [1.807, 2.05) is 0 Å². The zero-order chi connectivity index (χ0) is 13.7. The third kappa shape index (κ3) is 4.20. The summed E-state index contributed by atoms with van der Waals surface area (Å²) in [4.78, 5) is 22.5. The summed E-state index contributed by atoms with van der Waals surface area (Å²) in [7, 11) is 0. The molecule has 1 unspecified atom stereocenters. The summed E-state index contributed by atoms with van der Waals surface area (Å²) in [5, 5.41) is 12.0. The molecule has 1 atom stereocenters. The monoisotopic (exact) mass is 289 g/mol. The first-order valence-corrected chi connectivity index (χ1v) is 6.17. The number of hydrogen-bond donors (Lipinski definition) is 2. The average molecular weight is 290 g/mol. The third-order valence-electron chi connectivity index (χ3n) is 2.42. The molecule has 0 saturated heterocycles. The smallest absolute Gasteiger partial charge is 0.305 e. The van der Waals surface area contributed by atoms with Gasteiger partial charge in [0.2, 0.25) is 0 Å². The van der Waals surface area contributed by atoms with E-state index in [9.17, 15) is 9.59 Å². The molecule has 0 aromatic heterocycles. The molecule has 1 amide bonds. The number of carbonyl (C=O) groups is 2. The molecule has 18 heavy (non-hydrogen) atoms. The summed E-state index contributed by atoms with van der Waals surface area (Å²) in [5.74, 6) is -1.35. The molecule has 0 fully saturated rings. The van der Waals surface area contributed by atoms with Gasteiger partial charge < -0.3 is 10.4 Å². The van der Waals surface area contributed by atoms with Gasteiger partial charge in [0.25, 0.3) is 5.91 Å². The van der Waals surface area contributed by atoms with Crippen LogP contribution < -0.4 is 5.32 Å². The van der Waals surface area contributed by atoms with E-state index < -0.39 is 17.9 Å². The number of rotatable bonds is 5. The first-order chi connectivity index (χ1) is 8.43. The van der Waals surface area contributed by atoms with Crippen molar-refractivity contribution in [1.29, 1.82) is 0 Å². The highest BCUT2D eigenvalue weighted by Gasteiger charge is 2.17. The lowest BCUT2D eigenvalue weighted by atomic mass is 10.1. The molecule has 0 bridgehead atoms. The van der Waals surface area contributed by atoms with Crippen LogP contribution in [0.5, 0.6) is 0 Å². The van der Waals surface area contributed by atoms with Crippen molar-refractivity contribution < 1.29 is 14.7 Å². The number of hydrogen-bond acceptors (Lipinski definition) is 2. The number of carboxylic acid groups (broad SMARTS) is 1. The third-order valence-corrected chi connectivity index (χ3v) is 2.97. The van der Waals surface area contributed by atoms with Crippen LogP contribution >= 0.6 is 23.2 Å². The predicted molar refractivity (Wildman–Crippen MR) is 70.3 cm³/mol. The second-order valence-electron chi connectivity index (χ2n) is 3.80. The summed E-state index contributed by atoms with van der Waals surface area (Å²) in [6.45, 7) is 1.80. The van der Waals surface area contributed by atoms with E-state index in [1.54, 1.807) is 13.0 Å². The lowest BCUT2D eigenvalue weighted by Gasteiger charge is -2.15. The highest BCUT2D eigenvalue weighted by atomic mass is 35.5. The van der Waals surface area contributed by atoms with Crippen LogP contribution in [0, 0.1) is 0 Å². The molecule has 4 nitrogen and oxygen atoms in total. The molecule has 0 aliphatic rings. The molecule has 1 aromatic carbocycles. The molecule has 0 heterocycles. The summed E-state index contributed by atoms with van der Waals surface area (Å²) >= 11 is 11.6. The minimum absolute atomic E-state index is 0.118. The van der Waals surface area contributed by atoms with E-state index in [2.05, 4.69) is 5.32 Å². The minimum Gasteiger partial charge on any atom is -0.481 e. The highest BCUT2D eigenvalue weighted by Crippen LogP contribution is 2.21. The Labute approximate surface area is 115 Å². The molecule has 1 rings (SSSR count). The Balaban J connectivity index is 2.77. The van der Waals surface area contributed by atoms with Gasteiger partial charge in [-0.15, -0.1) is 0 Å². The first-order valence-electron chi connectivity index (χ1n) is 5.41.